The summed E-state index contributed by atoms with van der Waals surface area (Å²) in [7, 11) is -1.62. The van der Waals surface area contributed by atoms with Gasteiger partial charge in [-0.3, -0.25) is 9.36 Å². The molecule has 0 amide bonds. The van der Waals surface area contributed by atoms with Gasteiger partial charge >= 0.3 is 5.69 Å². The second-order valence-electron chi connectivity index (χ2n) is 6.76. The molecule has 0 spiro atoms. The van der Waals surface area contributed by atoms with Crippen molar-refractivity contribution in [3.63, 3.8) is 0 Å². The molecule has 0 saturated heterocycles. The van der Waals surface area contributed by atoms with E-state index in [2.05, 4.69) is 10.2 Å². The molecule has 0 saturated carbocycles. The predicted molar refractivity (Wildman–Crippen MR) is 105 cm³/mol. The SMILES string of the molecule is CC(C)N(Cc1nnc(-c2ccccc2)o1)S(=O)(=O)c1cn(C)c(=O)n(C)c1=O. The van der Waals surface area contributed by atoms with E-state index in [-0.39, 0.29) is 18.3 Å². The van der Waals surface area contributed by atoms with Crippen LogP contribution < -0.4 is 11.2 Å². The molecular formula is C18H21N5O5S. The highest BCUT2D eigenvalue weighted by atomic mass is 32.2. The van der Waals surface area contributed by atoms with Crippen LogP contribution in [0.3, 0.4) is 0 Å². The lowest BCUT2D eigenvalue weighted by Crippen LogP contribution is -2.44. The lowest BCUT2D eigenvalue weighted by atomic mass is 10.2. The molecule has 0 N–H and O–H groups in total. The molecule has 2 heterocycles. The van der Waals surface area contributed by atoms with Crippen molar-refractivity contribution in [3.05, 3.63) is 63.3 Å². The minimum absolute atomic E-state index is 0.0859. The summed E-state index contributed by atoms with van der Waals surface area (Å²) in [6.07, 6.45) is 1.03. The first-order valence-electron chi connectivity index (χ1n) is 8.79. The average Bonchev–Trinajstić information content (AvgIpc) is 3.16. The van der Waals surface area contributed by atoms with Gasteiger partial charge in [0.15, 0.2) is 4.90 Å². The lowest BCUT2D eigenvalue weighted by molar-refractivity contribution is 0.312. The Labute approximate surface area is 167 Å². The van der Waals surface area contributed by atoms with E-state index in [4.69, 9.17) is 4.42 Å². The fourth-order valence-electron chi connectivity index (χ4n) is 2.77. The molecular weight excluding hydrogens is 398 g/mol. The van der Waals surface area contributed by atoms with Gasteiger partial charge in [-0.05, 0) is 26.0 Å². The van der Waals surface area contributed by atoms with Crippen molar-refractivity contribution in [3.8, 4) is 11.5 Å². The third-order valence-corrected chi connectivity index (χ3v) is 6.36. The highest BCUT2D eigenvalue weighted by molar-refractivity contribution is 7.89. The van der Waals surface area contributed by atoms with Gasteiger partial charge in [0.1, 0.15) is 0 Å². The van der Waals surface area contributed by atoms with Crippen LogP contribution >= 0.6 is 0 Å². The number of aromatic nitrogens is 4. The van der Waals surface area contributed by atoms with E-state index < -0.39 is 32.2 Å². The van der Waals surface area contributed by atoms with E-state index in [1.165, 1.54) is 14.1 Å². The molecule has 3 aromatic rings. The third-order valence-electron chi connectivity index (χ3n) is 4.36. The van der Waals surface area contributed by atoms with Crippen LogP contribution in [0, 0.1) is 0 Å². The average molecular weight is 419 g/mol. The summed E-state index contributed by atoms with van der Waals surface area (Å²) in [5.41, 5.74) is -0.805. The van der Waals surface area contributed by atoms with Crippen LogP contribution in [0.1, 0.15) is 19.7 Å². The smallest absolute Gasteiger partial charge is 0.330 e. The first-order valence-corrected chi connectivity index (χ1v) is 10.2. The van der Waals surface area contributed by atoms with Gasteiger partial charge in [-0.2, -0.15) is 4.31 Å². The van der Waals surface area contributed by atoms with Crippen LogP contribution in [-0.2, 0) is 30.7 Å². The molecule has 0 fully saturated rings. The molecule has 10 nitrogen and oxygen atoms in total. The number of rotatable bonds is 6. The van der Waals surface area contributed by atoms with E-state index >= 15 is 0 Å². The van der Waals surface area contributed by atoms with Crippen molar-refractivity contribution < 1.29 is 12.8 Å². The van der Waals surface area contributed by atoms with Gasteiger partial charge in [0.25, 0.3) is 15.6 Å². The summed E-state index contributed by atoms with van der Waals surface area (Å²) in [6.45, 7) is 3.11. The Morgan fingerprint density at radius 3 is 2.38 bits per heavy atom. The number of hydrogen-bond donors (Lipinski definition) is 0. The van der Waals surface area contributed by atoms with Crippen molar-refractivity contribution in [1.82, 2.24) is 23.6 Å². The summed E-state index contributed by atoms with van der Waals surface area (Å²) in [5, 5.41) is 7.89. The minimum atomic E-state index is -4.23. The zero-order chi connectivity index (χ0) is 21.3. The van der Waals surface area contributed by atoms with E-state index in [1.54, 1.807) is 26.0 Å². The summed E-state index contributed by atoms with van der Waals surface area (Å²) in [4.78, 5) is 23.8. The van der Waals surface area contributed by atoms with Gasteiger partial charge in [-0.15, -0.1) is 10.2 Å². The fourth-order valence-corrected chi connectivity index (χ4v) is 4.51. The number of aryl methyl sites for hydroxylation is 1. The summed E-state index contributed by atoms with van der Waals surface area (Å²) in [5.74, 6) is 0.350. The maximum Gasteiger partial charge on any atom is 0.330 e. The van der Waals surface area contributed by atoms with Crippen LogP contribution in [0.25, 0.3) is 11.5 Å². The van der Waals surface area contributed by atoms with Crippen LogP contribution in [0.5, 0.6) is 0 Å². The lowest BCUT2D eigenvalue weighted by Gasteiger charge is -2.24. The number of benzene rings is 1. The Morgan fingerprint density at radius 2 is 1.76 bits per heavy atom. The topological polar surface area (TPSA) is 120 Å². The number of hydrogen-bond acceptors (Lipinski definition) is 7. The van der Waals surface area contributed by atoms with Crippen molar-refractivity contribution in [1.29, 1.82) is 0 Å². The highest BCUT2D eigenvalue weighted by Crippen LogP contribution is 2.21. The summed E-state index contributed by atoms with van der Waals surface area (Å²) >= 11 is 0. The van der Waals surface area contributed by atoms with Crippen molar-refractivity contribution in [2.24, 2.45) is 14.1 Å². The molecule has 0 bridgehead atoms. The summed E-state index contributed by atoms with van der Waals surface area (Å²) < 4.78 is 34.9. The Hall–Kier alpha value is -3.05. The van der Waals surface area contributed by atoms with Crippen LogP contribution in [0.4, 0.5) is 0 Å². The molecule has 3 rings (SSSR count). The van der Waals surface area contributed by atoms with Crippen LogP contribution in [0.2, 0.25) is 0 Å². The number of nitrogens with zero attached hydrogens (tertiary/aromatic N) is 5. The molecule has 0 aliphatic rings. The molecule has 0 aliphatic heterocycles. The molecule has 2 aromatic heterocycles. The van der Waals surface area contributed by atoms with E-state index in [1.807, 2.05) is 18.2 Å². The maximum absolute atomic E-state index is 13.2. The third kappa shape index (κ3) is 3.91. The normalized spacial score (nSPS) is 12.1. The molecule has 11 heteroatoms. The molecule has 1 aromatic carbocycles. The first kappa shape index (κ1) is 20.7. The fraction of sp³-hybridized carbons (Fsp3) is 0.333. The maximum atomic E-state index is 13.2. The largest absolute Gasteiger partial charge is 0.419 e. The predicted octanol–water partition coefficient (Wildman–Crippen LogP) is 0.733. The zero-order valence-electron chi connectivity index (χ0n) is 16.4. The van der Waals surface area contributed by atoms with Gasteiger partial charge < -0.3 is 8.98 Å². The Morgan fingerprint density at radius 1 is 1.10 bits per heavy atom. The van der Waals surface area contributed by atoms with Crippen molar-refractivity contribution >= 4 is 10.0 Å². The minimum Gasteiger partial charge on any atom is -0.419 e. The molecule has 29 heavy (non-hydrogen) atoms. The molecule has 0 unspecified atom stereocenters. The Balaban J connectivity index is 2.00. The highest BCUT2D eigenvalue weighted by Gasteiger charge is 2.32. The van der Waals surface area contributed by atoms with E-state index in [0.717, 1.165) is 19.6 Å². The van der Waals surface area contributed by atoms with Crippen molar-refractivity contribution in [2.45, 2.75) is 31.3 Å². The quantitative estimate of drug-likeness (QED) is 0.578. The standard InChI is InChI=1S/C18H21N5O5S/c1-12(2)23(11-15-19-20-16(28-15)13-8-6-5-7-9-13)29(26,27)14-10-21(3)18(25)22(4)17(14)24/h5-10,12H,11H2,1-4H3. The van der Waals surface area contributed by atoms with Gasteiger partial charge in [-0.25, -0.2) is 13.2 Å². The zero-order valence-corrected chi connectivity index (χ0v) is 17.3. The van der Waals surface area contributed by atoms with Gasteiger partial charge in [0.05, 0.1) is 6.54 Å². The van der Waals surface area contributed by atoms with Crippen LogP contribution in [0.15, 0.2) is 55.4 Å². The molecule has 0 aliphatic carbocycles. The molecule has 0 radical (unpaired) electrons. The first-order chi connectivity index (χ1) is 13.6. The van der Waals surface area contributed by atoms with E-state index in [9.17, 15) is 18.0 Å². The van der Waals surface area contributed by atoms with Gasteiger partial charge in [0.2, 0.25) is 11.8 Å². The monoisotopic (exact) mass is 419 g/mol. The Bertz CT molecular complexity index is 1240. The Kier molecular flexibility index (Phi) is 5.53. The molecule has 154 valence electrons. The number of sulfonamides is 1. The second kappa shape index (κ2) is 7.76. The van der Waals surface area contributed by atoms with E-state index in [0.29, 0.717) is 5.56 Å². The van der Waals surface area contributed by atoms with Crippen molar-refractivity contribution in [2.75, 3.05) is 0 Å². The molecule has 0 atom stereocenters. The second-order valence-corrected chi connectivity index (χ2v) is 8.62. The summed E-state index contributed by atoms with van der Waals surface area (Å²) in [6, 6.07) is 8.57. The van der Waals surface area contributed by atoms with Crippen LogP contribution in [-0.4, -0.2) is 38.1 Å². The van der Waals surface area contributed by atoms with Gasteiger partial charge in [-0.1, -0.05) is 18.2 Å². The van der Waals surface area contributed by atoms with Gasteiger partial charge in [0, 0.05) is 31.9 Å².